The first-order valence-corrected chi connectivity index (χ1v) is 9.70. The summed E-state index contributed by atoms with van der Waals surface area (Å²) < 4.78 is 31.7. The lowest BCUT2D eigenvalue weighted by Crippen LogP contribution is -2.09. The van der Waals surface area contributed by atoms with E-state index in [2.05, 4.69) is 25.6 Å². The monoisotopic (exact) mass is 446 g/mol. The second-order valence-electron chi connectivity index (χ2n) is 6.00. The van der Waals surface area contributed by atoms with Crippen molar-refractivity contribution >= 4 is 51.3 Å². The summed E-state index contributed by atoms with van der Waals surface area (Å²) in [7, 11) is -4.42. The molecule has 0 radical (unpaired) electrons. The molecule has 0 bridgehead atoms. The predicted octanol–water partition coefficient (Wildman–Crippen LogP) is 1.58. The number of rotatable bonds is 7. The maximum Gasteiger partial charge on any atom is 0.335 e. The van der Waals surface area contributed by atoms with E-state index in [1.807, 2.05) is 0 Å². The lowest BCUT2D eigenvalue weighted by Gasteiger charge is -2.10. The number of hydrogen-bond donors (Lipinski definition) is 6. The first kappa shape index (κ1) is 21.4. The van der Waals surface area contributed by atoms with E-state index in [-0.39, 0.29) is 45.2 Å². The normalized spacial score (nSPS) is 11.0. The molecule has 14 heteroatoms. The van der Waals surface area contributed by atoms with E-state index in [1.165, 1.54) is 30.3 Å². The first-order valence-electron chi connectivity index (χ1n) is 8.26. The van der Waals surface area contributed by atoms with Crippen LogP contribution in [0.2, 0.25) is 0 Å². The number of aromatic carboxylic acids is 2. The van der Waals surface area contributed by atoms with Gasteiger partial charge in [0.2, 0.25) is 17.8 Å². The minimum Gasteiger partial charge on any atom is -0.478 e. The van der Waals surface area contributed by atoms with Gasteiger partial charge in [-0.15, -0.1) is 0 Å². The van der Waals surface area contributed by atoms with Gasteiger partial charge in [0, 0.05) is 11.4 Å². The van der Waals surface area contributed by atoms with Gasteiger partial charge in [-0.25, -0.2) is 9.59 Å². The average molecular weight is 446 g/mol. The molecular formula is C17H14N6O7S. The topological polar surface area (TPSA) is 218 Å². The molecule has 0 aliphatic rings. The van der Waals surface area contributed by atoms with E-state index in [9.17, 15) is 18.0 Å². The molecule has 0 amide bonds. The number of nitrogen functional groups attached to an aromatic ring is 1. The Kier molecular flexibility index (Phi) is 5.67. The van der Waals surface area contributed by atoms with Crippen LogP contribution in [0.25, 0.3) is 0 Å². The number of carbonyl (C=O) groups is 2. The summed E-state index contributed by atoms with van der Waals surface area (Å²) in [5.41, 5.74) is 5.40. The number of carboxylic acids is 2. The molecule has 1 aromatic heterocycles. The molecule has 1 heterocycles. The highest BCUT2D eigenvalue weighted by Crippen LogP contribution is 2.22. The number of anilines is 5. The average Bonchev–Trinajstić information content (AvgIpc) is 2.66. The smallest absolute Gasteiger partial charge is 0.335 e. The Balaban J connectivity index is 1.92. The van der Waals surface area contributed by atoms with E-state index < -0.39 is 22.1 Å². The van der Waals surface area contributed by atoms with Gasteiger partial charge >= 0.3 is 11.9 Å². The van der Waals surface area contributed by atoms with Crippen molar-refractivity contribution in [2.75, 3.05) is 16.4 Å². The van der Waals surface area contributed by atoms with E-state index in [4.69, 9.17) is 20.5 Å². The third-order valence-electron chi connectivity index (χ3n) is 3.72. The molecule has 13 nitrogen and oxygen atoms in total. The highest BCUT2D eigenvalue weighted by Gasteiger charge is 2.14. The summed E-state index contributed by atoms with van der Waals surface area (Å²) in [4.78, 5) is 33.9. The number of nitrogens with two attached hydrogens (primary N) is 1. The number of aromatic nitrogens is 3. The number of nitrogens with zero attached hydrogens (tertiary/aromatic N) is 3. The van der Waals surface area contributed by atoms with Crippen LogP contribution in [-0.4, -0.2) is 50.1 Å². The van der Waals surface area contributed by atoms with Crippen LogP contribution in [0.3, 0.4) is 0 Å². The van der Waals surface area contributed by atoms with Crippen LogP contribution < -0.4 is 16.4 Å². The number of benzene rings is 2. The minimum absolute atomic E-state index is 0.0715. The quantitative estimate of drug-likeness (QED) is 0.284. The molecule has 0 atom stereocenters. The number of carboxylic acid groups (broad SMARTS) is 2. The van der Waals surface area contributed by atoms with Gasteiger partial charge in [0.25, 0.3) is 10.1 Å². The van der Waals surface area contributed by atoms with Crippen LogP contribution in [-0.2, 0) is 10.1 Å². The summed E-state index contributed by atoms with van der Waals surface area (Å²) >= 11 is 0. The molecule has 0 unspecified atom stereocenters. The first-order chi connectivity index (χ1) is 14.5. The van der Waals surface area contributed by atoms with E-state index in [1.54, 1.807) is 0 Å². The molecule has 0 saturated carbocycles. The van der Waals surface area contributed by atoms with Crippen molar-refractivity contribution in [1.29, 1.82) is 0 Å². The third-order valence-corrected chi connectivity index (χ3v) is 4.57. The molecule has 7 N–H and O–H groups in total. The second-order valence-corrected chi connectivity index (χ2v) is 7.42. The highest BCUT2D eigenvalue weighted by atomic mass is 32.2. The fourth-order valence-electron chi connectivity index (χ4n) is 2.44. The van der Waals surface area contributed by atoms with Crippen LogP contribution in [0.5, 0.6) is 0 Å². The minimum atomic E-state index is -4.42. The zero-order chi connectivity index (χ0) is 22.8. The van der Waals surface area contributed by atoms with Gasteiger partial charge in [0.1, 0.15) is 0 Å². The zero-order valence-corrected chi connectivity index (χ0v) is 16.2. The van der Waals surface area contributed by atoms with Crippen LogP contribution in [0.1, 0.15) is 20.7 Å². The number of nitrogens with one attached hydrogen (secondary N) is 2. The molecule has 0 saturated heterocycles. The molecule has 2 aromatic carbocycles. The molecular weight excluding hydrogens is 432 g/mol. The van der Waals surface area contributed by atoms with E-state index in [0.29, 0.717) is 0 Å². The van der Waals surface area contributed by atoms with E-state index >= 15 is 0 Å². The van der Waals surface area contributed by atoms with Gasteiger partial charge in [-0.1, -0.05) is 6.07 Å². The lowest BCUT2D eigenvalue weighted by atomic mass is 10.1. The van der Waals surface area contributed by atoms with Crippen molar-refractivity contribution in [2.45, 2.75) is 4.90 Å². The largest absolute Gasteiger partial charge is 0.478 e. The molecule has 0 spiro atoms. The summed E-state index contributed by atoms with van der Waals surface area (Å²) in [6.07, 6.45) is 0. The molecule has 0 aliphatic carbocycles. The summed E-state index contributed by atoms with van der Waals surface area (Å²) in [5.74, 6) is -3.14. The summed E-state index contributed by atoms with van der Waals surface area (Å²) in [6, 6.07) is 8.53. The van der Waals surface area contributed by atoms with Crippen molar-refractivity contribution in [3.63, 3.8) is 0 Å². The fourth-order valence-corrected chi connectivity index (χ4v) is 2.97. The van der Waals surface area contributed by atoms with Crippen LogP contribution >= 0.6 is 0 Å². The molecule has 0 aliphatic heterocycles. The molecule has 3 aromatic rings. The van der Waals surface area contributed by atoms with Gasteiger partial charge in [-0.2, -0.15) is 23.4 Å². The maximum absolute atomic E-state index is 11.3. The number of hydrogen-bond acceptors (Lipinski definition) is 10. The Bertz CT molecular complexity index is 1260. The van der Waals surface area contributed by atoms with E-state index in [0.717, 1.165) is 12.1 Å². The molecule has 31 heavy (non-hydrogen) atoms. The summed E-state index contributed by atoms with van der Waals surface area (Å²) in [5, 5.41) is 23.7. The van der Waals surface area contributed by atoms with Gasteiger partial charge in [-0.3, -0.25) is 4.55 Å². The Morgan fingerprint density at radius 2 is 1.39 bits per heavy atom. The van der Waals surface area contributed by atoms with Gasteiger partial charge < -0.3 is 26.6 Å². The van der Waals surface area contributed by atoms with Crippen molar-refractivity contribution in [3.05, 3.63) is 53.6 Å². The lowest BCUT2D eigenvalue weighted by molar-refractivity contribution is 0.0696. The fraction of sp³-hybridized carbons (Fsp3) is 0. The van der Waals surface area contributed by atoms with Gasteiger partial charge in [0.15, 0.2) is 0 Å². The standard InChI is InChI=1S/C17H14N6O7S/c18-15-21-16(19-10-2-1-3-12(7-10)31(28,29)30)23-17(22-15)20-11-5-8(13(24)25)4-9(6-11)14(26)27/h1-7H,(H,24,25)(H,26,27)(H,28,29,30)(H4,18,19,20,21,22,23). The molecule has 0 fully saturated rings. The van der Waals surface area contributed by atoms with Gasteiger partial charge in [0.05, 0.1) is 16.0 Å². The van der Waals surface area contributed by atoms with Crippen molar-refractivity contribution in [2.24, 2.45) is 0 Å². The second kappa shape index (κ2) is 8.21. The Hall–Kier alpha value is -4.30. The SMILES string of the molecule is Nc1nc(Nc2cc(C(=O)O)cc(C(=O)O)c2)nc(Nc2cccc(S(=O)(=O)O)c2)n1. The van der Waals surface area contributed by atoms with Crippen LogP contribution in [0.15, 0.2) is 47.4 Å². The molecule has 160 valence electrons. The predicted molar refractivity (Wildman–Crippen MR) is 107 cm³/mol. The van der Waals surface area contributed by atoms with Crippen molar-refractivity contribution < 1.29 is 32.8 Å². The maximum atomic E-state index is 11.3. The zero-order valence-electron chi connectivity index (χ0n) is 15.3. The van der Waals surface area contributed by atoms with Crippen LogP contribution in [0, 0.1) is 0 Å². The van der Waals surface area contributed by atoms with Crippen molar-refractivity contribution in [3.8, 4) is 0 Å². The van der Waals surface area contributed by atoms with Crippen molar-refractivity contribution in [1.82, 2.24) is 15.0 Å². The highest BCUT2D eigenvalue weighted by molar-refractivity contribution is 7.85. The van der Waals surface area contributed by atoms with Gasteiger partial charge in [-0.05, 0) is 36.4 Å². The Labute approximate surface area is 174 Å². The van der Waals surface area contributed by atoms with Crippen LogP contribution in [0.4, 0.5) is 29.2 Å². The molecule has 3 rings (SSSR count). The third kappa shape index (κ3) is 5.40. The summed E-state index contributed by atoms with van der Waals surface area (Å²) in [6.45, 7) is 0. The Morgan fingerprint density at radius 3 is 1.90 bits per heavy atom. The Morgan fingerprint density at radius 1 is 0.839 bits per heavy atom.